The number of aryl methyl sites for hydroxylation is 1. The van der Waals surface area contributed by atoms with Gasteiger partial charge in [0, 0.05) is 26.8 Å². The summed E-state index contributed by atoms with van der Waals surface area (Å²) >= 11 is 3.04. The van der Waals surface area contributed by atoms with Crippen molar-refractivity contribution in [2.75, 3.05) is 0 Å². The summed E-state index contributed by atoms with van der Waals surface area (Å²) in [5.41, 5.74) is 6.18. The summed E-state index contributed by atoms with van der Waals surface area (Å²) < 4.78 is 26.8. The van der Waals surface area contributed by atoms with Crippen LogP contribution in [-0.4, -0.2) is 6.04 Å². The van der Waals surface area contributed by atoms with Crippen molar-refractivity contribution in [1.29, 1.82) is 0 Å². The average Bonchev–Trinajstić information content (AvgIpc) is 2.83. The minimum absolute atomic E-state index is 0.0151. The minimum atomic E-state index is -0.560. The van der Waals surface area contributed by atoms with Crippen LogP contribution in [0.4, 0.5) is 8.78 Å². The van der Waals surface area contributed by atoms with Gasteiger partial charge in [-0.2, -0.15) is 0 Å². The molecule has 2 unspecified atom stereocenters. The summed E-state index contributed by atoms with van der Waals surface area (Å²) in [6, 6.07) is 7.68. The zero-order chi connectivity index (χ0) is 14.7. The molecule has 1 aromatic heterocycles. The quantitative estimate of drug-likeness (QED) is 0.794. The Bertz CT molecular complexity index is 583. The third-order valence-corrected chi connectivity index (χ3v) is 5.73. The normalized spacial score (nSPS) is 14.2. The molecule has 1 nitrogen and oxygen atoms in total. The van der Waals surface area contributed by atoms with Crippen molar-refractivity contribution in [3.05, 3.63) is 51.7 Å². The van der Waals surface area contributed by atoms with Crippen LogP contribution in [0, 0.1) is 18.6 Å². The lowest BCUT2D eigenvalue weighted by Gasteiger charge is -2.21. The zero-order valence-corrected chi connectivity index (χ0v) is 13.0. The summed E-state index contributed by atoms with van der Waals surface area (Å²) in [6.45, 7) is 4.05. The maximum Gasteiger partial charge on any atom is 0.139 e. The molecule has 0 aliphatic rings. The Labute approximate surface area is 126 Å². The molecule has 0 amide bonds. The van der Waals surface area contributed by atoms with Gasteiger partial charge in [-0.1, -0.05) is 6.92 Å². The van der Waals surface area contributed by atoms with Crippen LogP contribution in [-0.2, 0) is 0 Å². The Morgan fingerprint density at radius 2 is 2.00 bits per heavy atom. The number of hydrogen-bond donors (Lipinski definition) is 1. The minimum Gasteiger partial charge on any atom is -0.326 e. The summed E-state index contributed by atoms with van der Waals surface area (Å²) in [7, 11) is 0. The van der Waals surface area contributed by atoms with E-state index < -0.39 is 11.6 Å². The number of thiophene rings is 1. The number of rotatable bonds is 5. The van der Waals surface area contributed by atoms with Gasteiger partial charge in [0.05, 0.1) is 5.25 Å². The van der Waals surface area contributed by atoms with Crippen LogP contribution in [0.15, 0.2) is 35.2 Å². The second kappa shape index (κ2) is 6.70. The molecule has 20 heavy (non-hydrogen) atoms. The third-order valence-electron chi connectivity index (χ3n) is 3.05. The first-order valence-corrected chi connectivity index (χ1v) is 8.14. The summed E-state index contributed by atoms with van der Waals surface area (Å²) in [4.78, 5) is 2.77. The van der Waals surface area contributed by atoms with Crippen molar-refractivity contribution < 1.29 is 8.78 Å². The first kappa shape index (κ1) is 15.5. The van der Waals surface area contributed by atoms with Crippen molar-refractivity contribution in [1.82, 2.24) is 0 Å². The fourth-order valence-electron chi connectivity index (χ4n) is 1.88. The van der Waals surface area contributed by atoms with Crippen LogP contribution in [0.1, 0.15) is 28.3 Å². The molecule has 0 bridgehead atoms. The van der Waals surface area contributed by atoms with Gasteiger partial charge in [-0.25, -0.2) is 8.78 Å². The van der Waals surface area contributed by atoms with Gasteiger partial charge in [0.1, 0.15) is 11.6 Å². The molecule has 0 radical (unpaired) electrons. The molecule has 2 rings (SSSR count). The highest BCUT2D eigenvalue weighted by Gasteiger charge is 2.23. The van der Waals surface area contributed by atoms with Gasteiger partial charge in [0.15, 0.2) is 0 Å². The maximum absolute atomic E-state index is 13.8. The molecule has 2 aromatic rings. The Morgan fingerprint density at radius 1 is 1.25 bits per heavy atom. The largest absolute Gasteiger partial charge is 0.326 e. The van der Waals surface area contributed by atoms with Gasteiger partial charge in [-0.15, -0.1) is 23.1 Å². The molecule has 0 aliphatic heterocycles. The SMILES string of the molecule is CCC(N)C(Sc1ccc(F)cc1F)c1ccc(C)s1. The lowest BCUT2D eigenvalue weighted by molar-refractivity contribution is 0.564. The van der Waals surface area contributed by atoms with Crippen molar-refractivity contribution in [3.8, 4) is 0 Å². The highest BCUT2D eigenvalue weighted by molar-refractivity contribution is 7.99. The van der Waals surface area contributed by atoms with Gasteiger partial charge in [0.25, 0.3) is 0 Å². The summed E-state index contributed by atoms with van der Waals surface area (Å²) in [5.74, 6) is -1.09. The van der Waals surface area contributed by atoms with Crippen LogP contribution in [0.25, 0.3) is 0 Å². The second-order valence-corrected chi connectivity index (χ2v) is 7.14. The predicted octanol–water partition coefficient (Wildman–Crippen LogP) is 4.91. The van der Waals surface area contributed by atoms with Crippen LogP contribution < -0.4 is 5.73 Å². The van der Waals surface area contributed by atoms with E-state index in [1.54, 1.807) is 11.3 Å². The Morgan fingerprint density at radius 3 is 2.55 bits per heavy atom. The standard InChI is InChI=1S/C15H17F2NS2/c1-3-12(18)15(14-6-4-9(2)19-14)20-13-7-5-10(16)8-11(13)17/h4-8,12,15H,3,18H2,1-2H3. The first-order valence-electron chi connectivity index (χ1n) is 6.45. The number of nitrogens with two attached hydrogens (primary N) is 1. The maximum atomic E-state index is 13.8. The monoisotopic (exact) mass is 313 g/mol. The highest BCUT2D eigenvalue weighted by Crippen LogP contribution is 2.41. The van der Waals surface area contributed by atoms with Gasteiger partial charge < -0.3 is 5.73 Å². The molecule has 0 spiro atoms. The topological polar surface area (TPSA) is 26.0 Å². The number of thioether (sulfide) groups is 1. The highest BCUT2D eigenvalue weighted by atomic mass is 32.2. The summed E-state index contributed by atoms with van der Waals surface area (Å²) in [5, 5.41) is -0.0151. The van der Waals surface area contributed by atoms with Gasteiger partial charge in [0.2, 0.25) is 0 Å². The molecule has 5 heteroatoms. The van der Waals surface area contributed by atoms with Crippen LogP contribution in [0.2, 0.25) is 0 Å². The molecular weight excluding hydrogens is 296 g/mol. The van der Waals surface area contributed by atoms with Crippen molar-refractivity contribution in [2.24, 2.45) is 5.73 Å². The smallest absolute Gasteiger partial charge is 0.139 e. The fraction of sp³-hybridized carbons (Fsp3) is 0.333. The molecule has 0 fully saturated rings. The summed E-state index contributed by atoms with van der Waals surface area (Å²) in [6.07, 6.45) is 0.803. The number of halogens is 2. The van der Waals surface area contributed by atoms with E-state index >= 15 is 0 Å². The van der Waals surface area contributed by atoms with Gasteiger partial charge in [-0.3, -0.25) is 0 Å². The third kappa shape index (κ3) is 3.59. The van der Waals surface area contributed by atoms with Crippen molar-refractivity contribution >= 4 is 23.1 Å². The Hall–Kier alpha value is -0.910. The predicted molar refractivity (Wildman–Crippen MR) is 82.3 cm³/mol. The lowest BCUT2D eigenvalue weighted by Crippen LogP contribution is -2.25. The van der Waals surface area contributed by atoms with E-state index in [0.29, 0.717) is 4.90 Å². The molecule has 2 atom stereocenters. The molecule has 0 saturated heterocycles. The Balaban J connectivity index is 2.28. The van der Waals surface area contributed by atoms with E-state index in [-0.39, 0.29) is 11.3 Å². The van der Waals surface area contributed by atoms with E-state index in [1.165, 1.54) is 28.8 Å². The van der Waals surface area contributed by atoms with E-state index in [9.17, 15) is 8.78 Å². The van der Waals surface area contributed by atoms with Crippen molar-refractivity contribution in [3.63, 3.8) is 0 Å². The molecule has 1 aromatic carbocycles. The molecule has 0 aliphatic carbocycles. The Kier molecular flexibility index (Phi) is 5.18. The molecule has 0 saturated carbocycles. The fourth-order valence-corrected chi connectivity index (χ4v) is 4.26. The van der Waals surface area contributed by atoms with E-state index in [2.05, 4.69) is 0 Å². The first-order chi connectivity index (χ1) is 9.51. The number of benzene rings is 1. The van der Waals surface area contributed by atoms with E-state index in [1.807, 2.05) is 26.0 Å². The molecule has 1 heterocycles. The lowest BCUT2D eigenvalue weighted by atomic mass is 10.1. The van der Waals surface area contributed by atoms with Crippen LogP contribution in [0.3, 0.4) is 0 Å². The molecular formula is C15H17F2NS2. The van der Waals surface area contributed by atoms with Crippen molar-refractivity contribution in [2.45, 2.75) is 36.5 Å². The van der Waals surface area contributed by atoms with Crippen LogP contribution in [0.5, 0.6) is 0 Å². The molecule has 108 valence electrons. The number of hydrogen-bond acceptors (Lipinski definition) is 3. The van der Waals surface area contributed by atoms with Gasteiger partial charge >= 0.3 is 0 Å². The van der Waals surface area contributed by atoms with E-state index in [4.69, 9.17) is 5.73 Å². The molecule has 2 N–H and O–H groups in total. The van der Waals surface area contributed by atoms with E-state index in [0.717, 1.165) is 17.4 Å². The second-order valence-electron chi connectivity index (χ2n) is 4.63. The average molecular weight is 313 g/mol. The zero-order valence-electron chi connectivity index (χ0n) is 11.4. The van der Waals surface area contributed by atoms with Gasteiger partial charge in [-0.05, 0) is 37.6 Å². The van der Waals surface area contributed by atoms with Crippen LogP contribution >= 0.6 is 23.1 Å².